The molecule has 0 amide bonds. The lowest BCUT2D eigenvalue weighted by atomic mass is 9.88. The lowest BCUT2D eigenvalue weighted by Crippen LogP contribution is -2.47. The van der Waals surface area contributed by atoms with Crippen molar-refractivity contribution in [3.8, 4) is 0 Å². The highest BCUT2D eigenvalue weighted by Gasteiger charge is 2.34. The van der Waals surface area contributed by atoms with Gasteiger partial charge in [-0.1, -0.05) is 12.8 Å². The zero-order chi connectivity index (χ0) is 10.8. The maximum atomic E-state index is 3.85. The van der Waals surface area contributed by atoms with Gasteiger partial charge in [0.05, 0.1) is 0 Å². The van der Waals surface area contributed by atoms with E-state index in [1.165, 1.54) is 64.5 Å². The average molecular weight is 222 g/mol. The summed E-state index contributed by atoms with van der Waals surface area (Å²) in [5, 5.41) is 7.61. The molecule has 3 aliphatic rings. The van der Waals surface area contributed by atoms with Gasteiger partial charge in [-0.25, -0.2) is 0 Å². The SMILES string of the molecule is C1CCC(C2CCCC2NCC2CC2)NC1. The summed E-state index contributed by atoms with van der Waals surface area (Å²) in [5.41, 5.74) is 0. The second-order valence-electron chi connectivity index (χ2n) is 6.11. The monoisotopic (exact) mass is 222 g/mol. The van der Waals surface area contributed by atoms with Crippen molar-refractivity contribution in [2.24, 2.45) is 11.8 Å². The first-order chi connectivity index (χ1) is 7.93. The molecule has 3 atom stereocenters. The lowest BCUT2D eigenvalue weighted by Gasteiger charge is -2.33. The second-order valence-corrected chi connectivity index (χ2v) is 6.11. The molecule has 0 aromatic rings. The van der Waals surface area contributed by atoms with Gasteiger partial charge in [0, 0.05) is 12.1 Å². The van der Waals surface area contributed by atoms with Gasteiger partial charge in [-0.05, 0) is 63.5 Å². The minimum absolute atomic E-state index is 0.827. The third kappa shape index (κ3) is 2.60. The van der Waals surface area contributed by atoms with Crippen LogP contribution in [0.3, 0.4) is 0 Å². The van der Waals surface area contributed by atoms with Crippen LogP contribution in [0.1, 0.15) is 51.4 Å². The molecule has 2 nitrogen and oxygen atoms in total. The van der Waals surface area contributed by atoms with Gasteiger partial charge in [-0.2, -0.15) is 0 Å². The van der Waals surface area contributed by atoms with Crippen LogP contribution < -0.4 is 10.6 Å². The summed E-state index contributed by atoms with van der Waals surface area (Å²) in [6.45, 7) is 2.56. The Bertz CT molecular complexity index is 219. The summed E-state index contributed by atoms with van der Waals surface area (Å²) in [4.78, 5) is 0. The minimum atomic E-state index is 0.827. The number of hydrogen-bond acceptors (Lipinski definition) is 2. The van der Waals surface area contributed by atoms with E-state index in [0.29, 0.717) is 0 Å². The summed E-state index contributed by atoms with van der Waals surface area (Å²) in [6.07, 6.45) is 11.6. The van der Waals surface area contributed by atoms with Gasteiger partial charge in [0.1, 0.15) is 0 Å². The molecule has 92 valence electrons. The van der Waals surface area contributed by atoms with Gasteiger partial charge in [-0.15, -0.1) is 0 Å². The van der Waals surface area contributed by atoms with Crippen LogP contribution >= 0.6 is 0 Å². The van der Waals surface area contributed by atoms with Crippen LogP contribution in [0.5, 0.6) is 0 Å². The number of hydrogen-bond donors (Lipinski definition) is 2. The Hall–Kier alpha value is -0.0800. The van der Waals surface area contributed by atoms with E-state index in [2.05, 4.69) is 10.6 Å². The van der Waals surface area contributed by atoms with Crippen molar-refractivity contribution in [3.05, 3.63) is 0 Å². The van der Waals surface area contributed by atoms with Crippen LogP contribution in [0.15, 0.2) is 0 Å². The molecular formula is C14H26N2. The topological polar surface area (TPSA) is 24.1 Å². The van der Waals surface area contributed by atoms with E-state index in [0.717, 1.165) is 23.9 Å². The zero-order valence-electron chi connectivity index (χ0n) is 10.4. The van der Waals surface area contributed by atoms with Crippen molar-refractivity contribution in [1.82, 2.24) is 10.6 Å². The van der Waals surface area contributed by atoms with Crippen molar-refractivity contribution < 1.29 is 0 Å². The van der Waals surface area contributed by atoms with Crippen LogP contribution in [0, 0.1) is 11.8 Å². The lowest BCUT2D eigenvalue weighted by molar-refractivity contribution is 0.256. The largest absolute Gasteiger partial charge is 0.314 e. The first kappa shape index (κ1) is 11.0. The zero-order valence-corrected chi connectivity index (χ0v) is 10.4. The molecule has 0 bridgehead atoms. The van der Waals surface area contributed by atoms with Crippen molar-refractivity contribution >= 4 is 0 Å². The van der Waals surface area contributed by atoms with Crippen LogP contribution in [-0.2, 0) is 0 Å². The predicted octanol–water partition coefficient (Wildman–Crippen LogP) is 2.30. The van der Waals surface area contributed by atoms with Crippen LogP contribution in [0.2, 0.25) is 0 Å². The van der Waals surface area contributed by atoms with Gasteiger partial charge >= 0.3 is 0 Å². The Kier molecular flexibility index (Phi) is 3.49. The summed E-state index contributed by atoms with van der Waals surface area (Å²) in [5.74, 6) is 1.96. The Morgan fingerprint density at radius 3 is 2.62 bits per heavy atom. The maximum Gasteiger partial charge on any atom is 0.0110 e. The van der Waals surface area contributed by atoms with Crippen LogP contribution in [-0.4, -0.2) is 25.2 Å². The van der Waals surface area contributed by atoms with E-state index in [1.54, 1.807) is 0 Å². The highest BCUT2D eigenvalue weighted by Crippen LogP contribution is 2.33. The summed E-state index contributed by atoms with van der Waals surface area (Å²) in [7, 11) is 0. The highest BCUT2D eigenvalue weighted by atomic mass is 15.0. The van der Waals surface area contributed by atoms with Gasteiger partial charge in [0.25, 0.3) is 0 Å². The van der Waals surface area contributed by atoms with Crippen molar-refractivity contribution in [3.63, 3.8) is 0 Å². The molecule has 16 heavy (non-hydrogen) atoms. The third-order valence-electron chi connectivity index (χ3n) is 4.80. The molecule has 0 spiro atoms. The fourth-order valence-electron chi connectivity index (χ4n) is 3.61. The Morgan fingerprint density at radius 2 is 1.88 bits per heavy atom. The van der Waals surface area contributed by atoms with Gasteiger partial charge in [0.15, 0.2) is 0 Å². The summed E-state index contributed by atoms with van der Waals surface area (Å²) in [6, 6.07) is 1.66. The van der Waals surface area contributed by atoms with Crippen LogP contribution in [0.25, 0.3) is 0 Å². The van der Waals surface area contributed by atoms with E-state index < -0.39 is 0 Å². The molecule has 3 fully saturated rings. The van der Waals surface area contributed by atoms with E-state index in [4.69, 9.17) is 0 Å². The molecule has 2 aliphatic carbocycles. The average Bonchev–Trinajstić information content (AvgIpc) is 3.05. The van der Waals surface area contributed by atoms with Gasteiger partial charge in [0.2, 0.25) is 0 Å². The Morgan fingerprint density at radius 1 is 0.938 bits per heavy atom. The number of nitrogens with one attached hydrogen (secondary N) is 2. The smallest absolute Gasteiger partial charge is 0.0110 e. The maximum absolute atomic E-state index is 3.85. The fourth-order valence-corrected chi connectivity index (χ4v) is 3.61. The molecule has 0 radical (unpaired) electrons. The minimum Gasteiger partial charge on any atom is -0.314 e. The molecule has 2 saturated carbocycles. The van der Waals surface area contributed by atoms with E-state index in [9.17, 15) is 0 Å². The standard InChI is InChI=1S/C14H26N2/c1-2-9-15-13(5-1)12-4-3-6-14(12)16-10-11-7-8-11/h11-16H,1-10H2. The third-order valence-corrected chi connectivity index (χ3v) is 4.80. The van der Waals surface area contributed by atoms with E-state index in [1.807, 2.05) is 0 Å². The Labute approximate surface area is 99.6 Å². The first-order valence-corrected chi connectivity index (χ1v) is 7.40. The number of rotatable bonds is 4. The molecule has 1 heterocycles. The molecule has 0 aromatic heterocycles. The first-order valence-electron chi connectivity index (χ1n) is 7.40. The van der Waals surface area contributed by atoms with Crippen LogP contribution in [0.4, 0.5) is 0 Å². The molecule has 1 saturated heterocycles. The molecular weight excluding hydrogens is 196 g/mol. The highest BCUT2D eigenvalue weighted by molar-refractivity contribution is 4.93. The summed E-state index contributed by atoms with van der Waals surface area (Å²) >= 11 is 0. The van der Waals surface area contributed by atoms with Gasteiger partial charge in [-0.3, -0.25) is 0 Å². The van der Waals surface area contributed by atoms with Gasteiger partial charge < -0.3 is 10.6 Å². The van der Waals surface area contributed by atoms with Crippen molar-refractivity contribution in [1.29, 1.82) is 0 Å². The molecule has 0 aromatic carbocycles. The quantitative estimate of drug-likeness (QED) is 0.762. The molecule has 3 rings (SSSR count). The number of piperidine rings is 1. The molecule has 1 aliphatic heterocycles. The molecule has 2 heteroatoms. The molecule has 2 N–H and O–H groups in total. The fraction of sp³-hybridized carbons (Fsp3) is 1.00. The van der Waals surface area contributed by atoms with E-state index in [-0.39, 0.29) is 0 Å². The molecule has 3 unspecified atom stereocenters. The predicted molar refractivity (Wildman–Crippen MR) is 67.5 cm³/mol. The normalized spacial score (nSPS) is 40.1. The summed E-state index contributed by atoms with van der Waals surface area (Å²) < 4.78 is 0. The van der Waals surface area contributed by atoms with Crippen molar-refractivity contribution in [2.45, 2.75) is 63.5 Å². The second kappa shape index (κ2) is 5.05. The van der Waals surface area contributed by atoms with E-state index >= 15 is 0 Å². The Balaban J connectivity index is 1.50. The van der Waals surface area contributed by atoms with Crippen molar-refractivity contribution in [2.75, 3.05) is 13.1 Å².